The molecule has 0 bridgehead atoms. The Balaban J connectivity index is 2.34. The van der Waals surface area contributed by atoms with Gasteiger partial charge in [0.25, 0.3) is 0 Å². The van der Waals surface area contributed by atoms with Gasteiger partial charge in [-0.05, 0) is 37.1 Å². The highest BCUT2D eigenvalue weighted by Crippen LogP contribution is 2.13. The van der Waals surface area contributed by atoms with Crippen LogP contribution in [-0.2, 0) is 11.3 Å². The molecule has 0 saturated carbocycles. The lowest BCUT2D eigenvalue weighted by Crippen LogP contribution is -2.24. The van der Waals surface area contributed by atoms with Gasteiger partial charge in [-0.2, -0.15) is 0 Å². The molecular weight excluding hydrogens is 252 g/mol. The second kappa shape index (κ2) is 9.37. The quantitative estimate of drug-likeness (QED) is 0.729. The zero-order valence-corrected chi connectivity index (χ0v) is 12.7. The molecule has 0 heterocycles. The molecule has 0 aliphatic rings. The molecule has 4 nitrogen and oxygen atoms in total. The lowest BCUT2D eigenvalue weighted by atomic mass is 10.2. The lowest BCUT2D eigenvalue weighted by Gasteiger charge is -2.10. The van der Waals surface area contributed by atoms with Gasteiger partial charge in [-0.3, -0.25) is 4.79 Å². The fraction of sp³-hybridized carbons (Fsp3) is 0.562. The van der Waals surface area contributed by atoms with Gasteiger partial charge in [-0.1, -0.05) is 26.0 Å². The Hall–Kier alpha value is -1.55. The topological polar surface area (TPSA) is 50.4 Å². The average molecular weight is 278 g/mol. The molecular formula is C16H26N2O2. The van der Waals surface area contributed by atoms with E-state index in [-0.39, 0.29) is 5.91 Å². The van der Waals surface area contributed by atoms with Gasteiger partial charge in [0.15, 0.2) is 0 Å². The van der Waals surface area contributed by atoms with Gasteiger partial charge in [-0.15, -0.1) is 0 Å². The number of carbonyl (C=O) groups excluding carboxylic acids is 1. The third-order valence-electron chi connectivity index (χ3n) is 2.75. The van der Waals surface area contributed by atoms with Crippen molar-refractivity contribution in [1.29, 1.82) is 0 Å². The van der Waals surface area contributed by atoms with Crippen molar-refractivity contribution in [1.82, 2.24) is 10.6 Å². The zero-order chi connectivity index (χ0) is 14.8. The number of nitrogens with one attached hydrogen (secondary N) is 2. The Labute approximate surface area is 121 Å². The number of ether oxygens (including phenoxy) is 1. The van der Waals surface area contributed by atoms with Crippen molar-refractivity contribution in [2.24, 2.45) is 5.92 Å². The van der Waals surface area contributed by atoms with Crippen molar-refractivity contribution in [3.8, 4) is 5.75 Å². The second-order valence-corrected chi connectivity index (χ2v) is 5.22. The average Bonchev–Trinajstić information content (AvgIpc) is 2.39. The number of carbonyl (C=O) groups is 1. The minimum Gasteiger partial charge on any atom is -0.493 e. The van der Waals surface area contributed by atoms with Gasteiger partial charge in [0.1, 0.15) is 5.75 Å². The van der Waals surface area contributed by atoms with Crippen LogP contribution < -0.4 is 15.4 Å². The van der Waals surface area contributed by atoms with Crippen LogP contribution in [0.4, 0.5) is 0 Å². The van der Waals surface area contributed by atoms with E-state index in [4.69, 9.17) is 4.74 Å². The van der Waals surface area contributed by atoms with Crippen LogP contribution in [-0.4, -0.2) is 25.6 Å². The SMILES string of the molecule is CCNC(=O)CCOc1cccc(CNCC(C)C)c1. The van der Waals surface area contributed by atoms with E-state index < -0.39 is 0 Å². The molecule has 0 aromatic heterocycles. The van der Waals surface area contributed by atoms with Gasteiger partial charge in [0, 0.05) is 13.1 Å². The minimum absolute atomic E-state index is 0.0299. The summed E-state index contributed by atoms with van der Waals surface area (Å²) < 4.78 is 5.60. The highest BCUT2D eigenvalue weighted by molar-refractivity contribution is 5.75. The minimum atomic E-state index is 0.0299. The molecule has 20 heavy (non-hydrogen) atoms. The monoisotopic (exact) mass is 278 g/mol. The van der Waals surface area contributed by atoms with Gasteiger partial charge in [-0.25, -0.2) is 0 Å². The van der Waals surface area contributed by atoms with Crippen molar-refractivity contribution in [3.63, 3.8) is 0 Å². The summed E-state index contributed by atoms with van der Waals surface area (Å²) in [4.78, 5) is 11.3. The first-order valence-electron chi connectivity index (χ1n) is 7.31. The van der Waals surface area contributed by atoms with Gasteiger partial charge in [0.05, 0.1) is 13.0 Å². The molecule has 1 amide bonds. The summed E-state index contributed by atoms with van der Waals surface area (Å²) in [5, 5.41) is 6.15. The predicted octanol–water partition coefficient (Wildman–Crippen LogP) is 2.34. The standard InChI is InChI=1S/C16H26N2O2/c1-4-18-16(19)8-9-20-15-7-5-6-14(10-15)12-17-11-13(2)3/h5-7,10,13,17H,4,8-9,11-12H2,1-3H3,(H,18,19). The number of hydrogen-bond acceptors (Lipinski definition) is 3. The Morgan fingerprint density at radius 1 is 1.35 bits per heavy atom. The smallest absolute Gasteiger partial charge is 0.223 e. The first kappa shape index (κ1) is 16.5. The van der Waals surface area contributed by atoms with E-state index in [1.807, 2.05) is 25.1 Å². The fourth-order valence-electron chi connectivity index (χ4n) is 1.80. The molecule has 112 valence electrons. The van der Waals surface area contributed by atoms with Crippen LogP contribution in [0.15, 0.2) is 24.3 Å². The van der Waals surface area contributed by atoms with Crippen molar-refractivity contribution < 1.29 is 9.53 Å². The van der Waals surface area contributed by atoms with Crippen LogP contribution in [0.25, 0.3) is 0 Å². The summed E-state index contributed by atoms with van der Waals surface area (Å²) in [6.07, 6.45) is 0.393. The molecule has 1 rings (SSSR count). The van der Waals surface area contributed by atoms with Gasteiger partial charge in [0.2, 0.25) is 5.91 Å². The summed E-state index contributed by atoms with van der Waals surface area (Å²) in [6, 6.07) is 7.99. The molecule has 4 heteroatoms. The highest BCUT2D eigenvalue weighted by atomic mass is 16.5. The van der Waals surface area contributed by atoms with E-state index in [1.165, 1.54) is 5.56 Å². The first-order chi connectivity index (χ1) is 9.61. The molecule has 1 aromatic rings. The number of benzene rings is 1. The van der Waals surface area contributed by atoms with Crippen LogP contribution in [0, 0.1) is 5.92 Å². The third-order valence-corrected chi connectivity index (χ3v) is 2.75. The molecule has 0 aliphatic heterocycles. The second-order valence-electron chi connectivity index (χ2n) is 5.22. The molecule has 0 unspecified atom stereocenters. The summed E-state index contributed by atoms with van der Waals surface area (Å²) in [5.74, 6) is 1.49. The predicted molar refractivity (Wildman–Crippen MR) is 81.8 cm³/mol. The summed E-state index contributed by atoms with van der Waals surface area (Å²) >= 11 is 0. The molecule has 0 fully saturated rings. The number of rotatable bonds is 9. The van der Waals surface area contributed by atoms with Gasteiger partial charge >= 0.3 is 0 Å². The Kier molecular flexibility index (Phi) is 7.73. The van der Waals surface area contributed by atoms with Crippen molar-refractivity contribution in [3.05, 3.63) is 29.8 Å². The van der Waals surface area contributed by atoms with Crippen LogP contribution in [0.1, 0.15) is 32.8 Å². The largest absolute Gasteiger partial charge is 0.493 e. The van der Waals surface area contributed by atoms with E-state index in [1.54, 1.807) is 0 Å². The highest BCUT2D eigenvalue weighted by Gasteiger charge is 2.01. The maximum atomic E-state index is 11.3. The van der Waals surface area contributed by atoms with E-state index in [0.717, 1.165) is 18.8 Å². The number of amides is 1. The van der Waals surface area contributed by atoms with Crippen molar-refractivity contribution in [2.45, 2.75) is 33.7 Å². The van der Waals surface area contributed by atoms with E-state index in [9.17, 15) is 4.79 Å². The zero-order valence-electron chi connectivity index (χ0n) is 12.7. The van der Waals surface area contributed by atoms with E-state index >= 15 is 0 Å². The molecule has 0 radical (unpaired) electrons. The molecule has 2 N–H and O–H groups in total. The normalized spacial score (nSPS) is 10.6. The third kappa shape index (κ3) is 7.14. The van der Waals surface area contributed by atoms with Crippen LogP contribution in [0.5, 0.6) is 5.75 Å². The Bertz CT molecular complexity index is 405. The van der Waals surface area contributed by atoms with Gasteiger partial charge < -0.3 is 15.4 Å². The molecule has 0 aliphatic carbocycles. The van der Waals surface area contributed by atoms with Crippen LogP contribution >= 0.6 is 0 Å². The van der Waals surface area contributed by atoms with Crippen LogP contribution in [0.2, 0.25) is 0 Å². The lowest BCUT2D eigenvalue weighted by molar-refractivity contribution is -0.121. The Morgan fingerprint density at radius 2 is 2.15 bits per heavy atom. The fourth-order valence-corrected chi connectivity index (χ4v) is 1.80. The number of hydrogen-bond donors (Lipinski definition) is 2. The molecule has 0 saturated heterocycles. The molecule has 1 aromatic carbocycles. The first-order valence-corrected chi connectivity index (χ1v) is 7.31. The van der Waals surface area contributed by atoms with E-state index in [2.05, 4.69) is 30.5 Å². The van der Waals surface area contributed by atoms with Crippen molar-refractivity contribution in [2.75, 3.05) is 19.7 Å². The molecule has 0 spiro atoms. The Morgan fingerprint density at radius 3 is 2.85 bits per heavy atom. The summed E-state index contributed by atoms with van der Waals surface area (Å²) in [7, 11) is 0. The van der Waals surface area contributed by atoms with E-state index in [0.29, 0.717) is 25.5 Å². The summed E-state index contributed by atoms with van der Waals surface area (Å²) in [5.41, 5.74) is 1.20. The summed E-state index contributed by atoms with van der Waals surface area (Å²) in [6.45, 7) is 9.20. The maximum Gasteiger partial charge on any atom is 0.223 e. The maximum absolute atomic E-state index is 11.3. The van der Waals surface area contributed by atoms with Crippen molar-refractivity contribution >= 4 is 5.91 Å². The molecule has 0 atom stereocenters. The van der Waals surface area contributed by atoms with Crippen LogP contribution in [0.3, 0.4) is 0 Å².